The fourth-order valence-corrected chi connectivity index (χ4v) is 2.77. The smallest absolute Gasteiger partial charge is 0.340 e. The Hall–Kier alpha value is -2.82. The molecule has 2 aromatic rings. The van der Waals surface area contributed by atoms with Gasteiger partial charge in [0.2, 0.25) is 5.91 Å². The Morgan fingerprint density at radius 2 is 1.81 bits per heavy atom. The molecule has 0 fully saturated rings. The number of anilines is 2. The summed E-state index contributed by atoms with van der Waals surface area (Å²) in [5.74, 6) is -0.588. The van der Waals surface area contributed by atoms with Crippen LogP contribution in [-0.4, -0.2) is 25.0 Å². The van der Waals surface area contributed by atoms with Crippen LogP contribution < -0.4 is 10.6 Å². The molecule has 2 aromatic carbocycles. The van der Waals surface area contributed by atoms with Gasteiger partial charge in [-0.3, -0.25) is 4.79 Å². The number of hydrogen-bond donors (Lipinski definition) is 2. The molecule has 0 atom stereocenters. The van der Waals surface area contributed by atoms with E-state index in [1.54, 1.807) is 31.2 Å². The highest BCUT2D eigenvalue weighted by atomic mass is 16.5. The molecule has 1 amide bonds. The molecule has 0 saturated heterocycles. The number of amides is 1. The lowest BCUT2D eigenvalue weighted by molar-refractivity contribution is -0.115. The lowest BCUT2D eigenvalue weighted by Gasteiger charge is -2.14. The van der Waals surface area contributed by atoms with Crippen molar-refractivity contribution in [2.45, 2.75) is 33.6 Å². The number of para-hydroxylation sites is 2. The second-order valence-electron chi connectivity index (χ2n) is 5.95. The summed E-state index contributed by atoms with van der Waals surface area (Å²) in [5, 5.41) is 6.15. The van der Waals surface area contributed by atoms with E-state index in [-0.39, 0.29) is 5.91 Å². The lowest BCUT2D eigenvalue weighted by atomic mass is 10.1. The van der Waals surface area contributed by atoms with Gasteiger partial charge in [0, 0.05) is 18.7 Å². The van der Waals surface area contributed by atoms with Crippen LogP contribution in [0.4, 0.5) is 11.4 Å². The summed E-state index contributed by atoms with van der Waals surface area (Å²) in [4.78, 5) is 24.2. The highest BCUT2D eigenvalue weighted by Crippen LogP contribution is 2.21. The first kappa shape index (κ1) is 19.5. The van der Waals surface area contributed by atoms with E-state index in [0.29, 0.717) is 30.8 Å². The van der Waals surface area contributed by atoms with Gasteiger partial charge in [0.05, 0.1) is 17.9 Å². The van der Waals surface area contributed by atoms with Crippen molar-refractivity contribution < 1.29 is 14.3 Å². The molecular weight excluding hydrogens is 328 g/mol. The van der Waals surface area contributed by atoms with Crippen LogP contribution in [0.3, 0.4) is 0 Å². The van der Waals surface area contributed by atoms with Crippen LogP contribution in [0.25, 0.3) is 0 Å². The fourth-order valence-electron chi connectivity index (χ4n) is 2.77. The second kappa shape index (κ2) is 9.61. The summed E-state index contributed by atoms with van der Waals surface area (Å²) in [7, 11) is 0. The summed E-state index contributed by atoms with van der Waals surface area (Å²) in [6, 6.07) is 13.0. The van der Waals surface area contributed by atoms with E-state index in [4.69, 9.17) is 4.74 Å². The number of carbonyl (C=O) groups excluding carboxylic acids is 2. The molecular formula is C21H26N2O3. The highest BCUT2D eigenvalue weighted by molar-refractivity contribution is 6.01. The highest BCUT2D eigenvalue weighted by Gasteiger charge is 2.14. The van der Waals surface area contributed by atoms with E-state index in [1.807, 2.05) is 6.07 Å². The fraction of sp³-hybridized carbons (Fsp3) is 0.333. The maximum atomic E-state index is 12.3. The SMILES string of the molecule is CCOC(=O)c1ccccc1NC(=O)CCNc1c(C)cccc1CC. The molecule has 138 valence electrons. The Morgan fingerprint density at radius 3 is 2.54 bits per heavy atom. The molecule has 0 heterocycles. The van der Waals surface area contributed by atoms with Crippen molar-refractivity contribution in [2.75, 3.05) is 23.8 Å². The van der Waals surface area contributed by atoms with Gasteiger partial charge in [-0.1, -0.05) is 37.3 Å². The van der Waals surface area contributed by atoms with Crippen LogP contribution in [0, 0.1) is 6.92 Å². The number of carbonyl (C=O) groups is 2. The van der Waals surface area contributed by atoms with Gasteiger partial charge in [0.15, 0.2) is 0 Å². The van der Waals surface area contributed by atoms with Crippen LogP contribution in [0.2, 0.25) is 0 Å². The van der Waals surface area contributed by atoms with Gasteiger partial charge in [-0.25, -0.2) is 4.79 Å². The van der Waals surface area contributed by atoms with E-state index < -0.39 is 5.97 Å². The topological polar surface area (TPSA) is 67.4 Å². The van der Waals surface area contributed by atoms with E-state index in [9.17, 15) is 9.59 Å². The Labute approximate surface area is 154 Å². The normalized spacial score (nSPS) is 10.3. The van der Waals surface area contributed by atoms with Crippen molar-refractivity contribution in [3.05, 3.63) is 59.2 Å². The molecule has 0 aliphatic carbocycles. The summed E-state index contributed by atoms with van der Waals surface area (Å²) < 4.78 is 5.03. The monoisotopic (exact) mass is 354 g/mol. The quantitative estimate of drug-likeness (QED) is 0.698. The molecule has 0 spiro atoms. The summed E-state index contributed by atoms with van der Waals surface area (Å²) in [5.41, 5.74) is 4.33. The number of ether oxygens (including phenoxy) is 1. The van der Waals surface area contributed by atoms with Gasteiger partial charge < -0.3 is 15.4 Å². The summed E-state index contributed by atoms with van der Waals surface area (Å²) in [6.07, 6.45) is 1.23. The zero-order valence-electron chi connectivity index (χ0n) is 15.6. The average Bonchev–Trinajstić information content (AvgIpc) is 2.63. The number of nitrogens with one attached hydrogen (secondary N) is 2. The standard InChI is InChI=1S/C21H26N2O3/c1-4-16-10-8-9-15(3)20(16)22-14-13-19(24)23-18-12-7-6-11-17(18)21(25)26-5-2/h6-12,22H,4-5,13-14H2,1-3H3,(H,23,24). The largest absolute Gasteiger partial charge is 0.462 e. The number of aryl methyl sites for hydroxylation is 2. The first-order chi connectivity index (χ1) is 12.6. The third kappa shape index (κ3) is 5.09. The Kier molecular flexibility index (Phi) is 7.21. The van der Waals surface area contributed by atoms with Gasteiger partial charge in [-0.15, -0.1) is 0 Å². The minimum atomic E-state index is -0.436. The molecule has 5 nitrogen and oxygen atoms in total. The molecule has 5 heteroatoms. The molecule has 0 aliphatic heterocycles. The zero-order chi connectivity index (χ0) is 18.9. The lowest BCUT2D eigenvalue weighted by Crippen LogP contribution is -2.19. The molecule has 2 rings (SSSR count). The molecule has 0 aliphatic rings. The minimum Gasteiger partial charge on any atom is -0.462 e. The molecule has 0 aromatic heterocycles. The third-order valence-corrected chi connectivity index (χ3v) is 4.09. The van der Waals surface area contributed by atoms with E-state index in [2.05, 4.69) is 36.6 Å². The number of esters is 1. The third-order valence-electron chi connectivity index (χ3n) is 4.09. The molecule has 0 radical (unpaired) electrons. The van der Waals surface area contributed by atoms with Crippen LogP contribution in [-0.2, 0) is 16.0 Å². The van der Waals surface area contributed by atoms with Gasteiger partial charge in [0.25, 0.3) is 0 Å². The van der Waals surface area contributed by atoms with Gasteiger partial charge in [0.1, 0.15) is 0 Å². The van der Waals surface area contributed by atoms with Crippen LogP contribution in [0.15, 0.2) is 42.5 Å². The predicted octanol–water partition coefficient (Wildman–Crippen LogP) is 4.17. The number of hydrogen-bond acceptors (Lipinski definition) is 4. The summed E-state index contributed by atoms with van der Waals surface area (Å²) >= 11 is 0. The molecule has 2 N–H and O–H groups in total. The molecule has 0 bridgehead atoms. The van der Waals surface area contributed by atoms with Gasteiger partial charge >= 0.3 is 5.97 Å². The second-order valence-corrected chi connectivity index (χ2v) is 5.95. The van der Waals surface area contributed by atoms with E-state index in [1.165, 1.54) is 5.56 Å². The Balaban J connectivity index is 1.95. The predicted molar refractivity (Wildman–Crippen MR) is 105 cm³/mol. The van der Waals surface area contributed by atoms with Crippen LogP contribution in [0.5, 0.6) is 0 Å². The molecule has 26 heavy (non-hydrogen) atoms. The van der Waals surface area contributed by atoms with Crippen molar-refractivity contribution >= 4 is 23.3 Å². The van der Waals surface area contributed by atoms with Crippen molar-refractivity contribution in [1.29, 1.82) is 0 Å². The first-order valence-corrected chi connectivity index (χ1v) is 8.95. The zero-order valence-corrected chi connectivity index (χ0v) is 15.6. The van der Waals surface area contributed by atoms with Crippen LogP contribution >= 0.6 is 0 Å². The molecule has 0 saturated carbocycles. The Bertz CT molecular complexity index is 772. The maximum Gasteiger partial charge on any atom is 0.340 e. The van der Waals surface area contributed by atoms with Crippen molar-refractivity contribution in [1.82, 2.24) is 0 Å². The van der Waals surface area contributed by atoms with Crippen LogP contribution in [0.1, 0.15) is 41.8 Å². The van der Waals surface area contributed by atoms with Crippen molar-refractivity contribution in [3.8, 4) is 0 Å². The van der Waals surface area contributed by atoms with Crippen molar-refractivity contribution in [3.63, 3.8) is 0 Å². The average molecular weight is 354 g/mol. The maximum absolute atomic E-state index is 12.3. The first-order valence-electron chi connectivity index (χ1n) is 8.95. The van der Waals surface area contributed by atoms with E-state index >= 15 is 0 Å². The number of benzene rings is 2. The number of rotatable bonds is 8. The Morgan fingerprint density at radius 1 is 1.04 bits per heavy atom. The minimum absolute atomic E-state index is 0.152. The van der Waals surface area contributed by atoms with Gasteiger partial charge in [-0.2, -0.15) is 0 Å². The summed E-state index contributed by atoms with van der Waals surface area (Å²) in [6.45, 7) is 6.73. The van der Waals surface area contributed by atoms with Crippen molar-refractivity contribution in [2.24, 2.45) is 0 Å². The van der Waals surface area contributed by atoms with E-state index in [0.717, 1.165) is 17.7 Å². The van der Waals surface area contributed by atoms with Gasteiger partial charge in [-0.05, 0) is 43.5 Å². The molecule has 0 unspecified atom stereocenters.